The standard InChI is InChI=1S/C10H17N3O4/c1-12(7-9(15)16)10(17)11-6-8(14)13-4-2-3-5-13/h2-7H2,1H3,(H,11,17)(H,15,16). The molecular formula is C10H17N3O4. The van der Waals surface area contributed by atoms with Crippen molar-refractivity contribution in [2.45, 2.75) is 12.8 Å². The molecule has 0 radical (unpaired) electrons. The molecule has 0 unspecified atom stereocenters. The van der Waals surface area contributed by atoms with Crippen molar-refractivity contribution in [2.75, 3.05) is 33.2 Å². The zero-order valence-electron chi connectivity index (χ0n) is 9.81. The summed E-state index contributed by atoms with van der Waals surface area (Å²) in [6.45, 7) is 1.01. The molecule has 1 fully saturated rings. The van der Waals surface area contributed by atoms with Gasteiger partial charge in [0.05, 0.1) is 6.54 Å². The van der Waals surface area contributed by atoms with Gasteiger partial charge in [-0.05, 0) is 12.8 Å². The highest BCUT2D eigenvalue weighted by Crippen LogP contribution is 2.06. The predicted molar refractivity (Wildman–Crippen MR) is 59.5 cm³/mol. The van der Waals surface area contributed by atoms with E-state index in [9.17, 15) is 14.4 Å². The second-order valence-electron chi connectivity index (χ2n) is 4.00. The average Bonchev–Trinajstić information content (AvgIpc) is 2.77. The van der Waals surface area contributed by atoms with Crippen molar-refractivity contribution >= 4 is 17.9 Å². The van der Waals surface area contributed by atoms with Crippen molar-refractivity contribution in [3.63, 3.8) is 0 Å². The summed E-state index contributed by atoms with van der Waals surface area (Å²) >= 11 is 0. The Labute approximate surface area is 99.4 Å². The number of hydrogen-bond donors (Lipinski definition) is 2. The van der Waals surface area contributed by atoms with Crippen molar-refractivity contribution < 1.29 is 19.5 Å². The van der Waals surface area contributed by atoms with Gasteiger partial charge in [0.2, 0.25) is 5.91 Å². The average molecular weight is 243 g/mol. The highest BCUT2D eigenvalue weighted by Gasteiger charge is 2.19. The molecule has 0 saturated carbocycles. The topological polar surface area (TPSA) is 90.0 Å². The molecule has 1 aliphatic rings. The number of carbonyl (C=O) groups is 3. The zero-order valence-corrected chi connectivity index (χ0v) is 9.81. The van der Waals surface area contributed by atoms with Gasteiger partial charge < -0.3 is 20.2 Å². The van der Waals surface area contributed by atoms with Gasteiger partial charge in [-0.2, -0.15) is 0 Å². The molecule has 1 rings (SSSR count). The summed E-state index contributed by atoms with van der Waals surface area (Å²) in [6, 6.07) is -0.556. The van der Waals surface area contributed by atoms with Crippen molar-refractivity contribution in [1.82, 2.24) is 15.1 Å². The van der Waals surface area contributed by atoms with Crippen LogP contribution >= 0.6 is 0 Å². The third kappa shape index (κ3) is 4.29. The minimum Gasteiger partial charge on any atom is -0.480 e. The van der Waals surface area contributed by atoms with Crippen molar-refractivity contribution in [2.24, 2.45) is 0 Å². The maximum Gasteiger partial charge on any atom is 0.323 e. The quantitative estimate of drug-likeness (QED) is 0.685. The second kappa shape index (κ2) is 6.07. The molecule has 17 heavy (non-hydrogen) atoms. The fourth-order valence-electron chi connectivity index (χ4n) is 1.64. The van der Waals surface area contributed by atoms with Crippen LogP contribution in [0, 0.1) is 0 Å². The number of aliphatic carboxylic acids is 1. The molecule has 7 heteroatoms. The number of likely N-dealkylation sites (tertiary alicyclic amines) is 1. The van der Waals surface area contributed by atoms with Gasteiger partial charge in [0.25, 0.3) is 0 Å². The molecule has 0 bridgehead atoms. The Kier molecular flexibility index (Phi) is 4.74. The minimum atomic E-state index is -1.09. The fourth-order valence-corrected chi connectivity index (χ4v) is 1.64. The first kappa shape index (κ1) is 13.3. The first-order chi connectivity index (χ1) is 8.00. The van der Waals surface area contributed by atoms with E-state index in [2.05, 4.69) is 5.32 Å². The molecule has 0 aromatic rings. The van der Waals surface area contributed by atoms with Gasteiger partial charge in [0.15, 0.2) is 0 Å². The van der Waals surface area contributed by atoms with E-state index in [4.69, 9.17) is 5.11 Å². The monoisotopic (exact) mass is 243 g/mol. The van der Waals surface area contributed by atoms with Crippen LogP contribution in [0.1, 0.15) is 12.8 Å². The summed E-state index contributed by atoms with van der Waals surface area (Å²) < 4.78 is 0. The van der Waals surface area contributed by atoms with Crippen LogP contribution in [0.4, 0.5) is 4.79 Å². The number of likely N-dealkylation sites (N-methyl/N-ethyl adjacent to an activating group) is 1. The molecule has 0 aromatic carbocycles. The van der Waals surface area contributed by atoms with Gasteiger partial charge in [-0.15, -0.1) is 0 Å². The van der Waals surface area contributed by atoms with E-state index in [-0.39, 0.29) is 19.0 Å². The van der Waals surface area contributed by atoms with E-state index in [1.807, 2.05) is 0 Å². The Morgan fingerprint density at radius 3 is 2.41 bits per heavy atom. The number of nitrogens with one attached hydrogen (secondary N) is 1. The van der Waals surface area contributed by atoms with E-state index >= 15 is 0 Å². The van der Waals surface area contributed by atoms with Gasteiger partial charge in [0.1, 0.15) is 6.54 Å². The van der Waals surface area contributed by atoms with E-state index in [1.165, 1.54) is 7.05 Å². The van der Waals surface area contributed by atoms with E-state index in [1.54, 1.807) is 4.90 Å². The molecule has 1 heterocycles. The molecule has 1 saturated heterocycles. The van der Waals surface area contributed by atoms with Crippen molar-refractivity contribution in [3.05, 3.63) is 0 Å². The Balaban J connectivity index is 2.27. The lowest BCUT2D eigenvalue weighted by Gasteiger charge is -2.18. The Morgan fingerprint density at radius 2 is 1.88 bits per heavy atom. The zero-order chi connectivity index (χ0) is 12.8. The van der Waals surface area contributed by atoms with Crippen LogP contribution in [0.25, 0.3) is 0 Å². The minimum absolute atomic E-state index is 0.0806. The van der Waals surface area contributed by atoms with Crippen LogP contribution in [0.5, 0.6) is 0 Å². The van der Waals surface area contributed by atoms with E-state index in [0.717, 1.165) is 30.8 Å². The van der Waals surface area contributed by atoms with Crippen molar-refractivity contribution in [3.8, 4) is 0 Å². The summed E-state index contributed by atoms with van der Waals surface area (Å²) in [4.78, 5) is 36.0. The Morgan fingerprint density at radius 1 is 1.29 bits per heavy atom. The molecule has 0 atom stereocenters. The number of urea groups is 1. The Hall–Kier alpha value is -1.79. The number of carboxylic acids is 1. The van der Waals surface area contributed by atoms with Gasteiger partial charge in [-0.1, -0.05) is 0 Å². The fraction of sp³-hybridized carbons (Fsp3) is 0.700. The predicted octanol–water partition coefficient (Wildman–Crippen LogP) is -0.665. The van der Waals surface area contributed by atoms with Crippen LogP contribution in [-0.2, 0) is 9.59 Å². The lowest BCUT2D eigenvalue weighted by molar-refractivity contribution is -0.137. The summed E-state index contributed by atoms with van der Waals surface area (Å²) in [7, 11) is 1.36. The van der Waals surface area contributed by atoms with Gasteiger partial charge in [0, 0.05) is 20.1 Å². The van der Waals surface area contributed by atoms with Crippen LogP contribution < -0.4 is 5.32 Å². The normalized spacial score (nSPS) is 14.5. The molecular weight excluding hydrogens is 226 g/mol. The van der Waals surface area contributed by atoms with Crippen LogP contribution in [0.3, 0.4) is 0 Å². The Bertz CT molecular complexity index is 313. The summed E-state index contributed by atoms with van der Waals surface area (Å²) in [5.41, 5.74) is 0. The number of amides is 3. The maximum atomic E-state index is 11.6. The third-order valence-corrected chi connectivity index (χ3v) is 2.57. The van der Waals surface area contributed by atoms with Gasteiger partial charge >= 0.3 is 12.0 Å². The number of rotatable bonds is 4. The second-order valence-corrected chi connectivity index (χ2v) is 4.00. The third-order valence-electron chi connectivity index (χ3n) is 2.57. The summed E-state index contributed by atoms with van der Waals surface area (Å²) in [6.07, 6.45) is 2.00. The summed E-state index contributed by atoms with van der Waals surface area (Å²) in [5.74, 6) is -1.21. The first-order valence-electron chi connectivity index (χ1n) is 5.49. The number of nitrogens with zero attached hydrogens (tertiary/aromatic N) is 2. The molecule has 7 nitrogen and oxygen atoms in total. The first-order valence-corrected chi connectivity index (χ1v) is 5.49. The number of carboxylic acid groups (broad SMARTS) is 1. The molecule has 96 valence electrons. The molecule has 0 spiro atoms. The SMILES string of the molecule is CN(CC(=O)O)C(=O)NCC(=O)N1CCCC1. The number of hydrogen-bond acceptors (Lipinski definition) is 3. The van der Waals surface area contributed by atoms with E-state index < -0.39 is 12.0 Å². The highest BCUT2D eigenvalue weighted by molar-refractivity contribution is 5.85. The smallest absolute Gasteiger partial charge is 0.323 e. The lowest BCUT2D eigenvalue weighted by atomic mass is 10.4. The van der Waals surface area contributed by atoms with Crippen LogP contribution in [-0.4, -0.2) is 66.0 Å². The molecule has 1 aliphatic heterocycles. The molecule has 0 aliphatic carbocycles. The summed E-state index contributed by atoms with van der Waals surface area (Å²) in [5, 5.41) is 10.9. The highest BCUT2D eigenvalue weighted by atomic mass is 16.4. The largest absolute Gasteiger partial charge is 0.480 e. The van der Waals surface area contributed by atoms with Crippen LogP contribution in [0.2, 0.25) is 0 Å². The molecule has 3 amide bonds. The molecule has 0 aromatic heterocycles. The maximum absolute atomic E-state index is 11.6. The van der Waals surface area contributed by atoms with Gasteiger partial charge in [-0.3, -0.25) is 9.59 Å². The van der Waals surface area contributed by atoms with Crippen molar-refractivity contribution in [1.29, 1.82) is 0 Å². The molecule has 2 N–H and O–H groups in total. The number of carbonyl (C=O) groups excluding carboxylic acids is 2. The van der Waals surface area contributed by atoms with E-state index in [0.29, 0.717) is 0 Å². The lowest BCUT2D eigenvalue weighted by Crippen LogP contribution is -2.45. The van der Waals surface area contributed by atoms with Gasteiger partial charge in [-0.25, -0.2) is 4.79 Å². The van der Waals surface area contributed by atoms with Crippen LogP contribution in [0.15, 0.2) is 0 Å².